The highest BCUT2D eigenvalue weighted by Crippen LogP contribution is 2.27. The number of halogens is 1. The van der Waals surface area contributed by atoms with Gasteiger partial charge in [-0.2, -0.15) is 0 Å². The summed E-state index contributed by atoms with van der Waals surface area (Å²) in [6.45, 7) is 1.27. The van der Waals surface area contributed by atoms with Crippen molar-refractivity contribution in [2.24, 2.45) is 0 Å². The number of amides is 1. The van der Waals surface area contributed by atoms with Crippen LogP contribution in [0.25, 0.3) is 0 Å². The van der Waals surface area contributed by atoms with Gasteiger partial charge in [0.1, 0.15) is 0 Å². The van der Waals surface area contributed by atoms with Gasteiger partial charge in [0.05, 0.1) is 11.7 Å². The van der Waals surface area contributed by atoms with Crippen LogP contribution in [-0.2, 0) is 11.3 Å². The lowest BCUT2D eigenvalue weighted by Gasteiger charge is -2.12. The van der Waals surface area contributed by atoms with Crippen molar-refractivity contribution < 1.29 is 9.53 Å². The molecule has 126 valence electrons. The predicted octanol–water partition coefficient (Wildman–Crippen LogP) is 4.54. The zero-order chi connectivity index (χ0) is 16.8. The van der Waals surface area contributed by atoms with E-state index in [1.54, 1.807) is 11.8 Å². The molecule has 2 aromatic carbocycles. The average molecular weight is 362 g/mol. The molecule has 1 aliphatic heterocycles. The summed E-state index contributed by atoms with van der Waals surface area (Å²) in [4.78, 5) is 13.5. The second kappa shape index (κ2) is 8.56. The molecule has 1 atom stereocenters. The van der Waals surface area contributed by atoms with Crippen LogP contribution in [0.2, 0.25) is 5.02 Å². The molecule has 0 radical (unpaired) electrons. The smallest absolute Gasteiger partial charge is 0.252 e. The second-order valence-electron chi connectivity index (χ2n) is 5.72. The van der Waals surface area contributed by atoms with Crippen molar-refractivity contribution >= 4 is 29.3 Å². The SMILES string of the molecule is O=C(NCc1ccccc1Cl)c1ccccc1SC[C@@H]1CCCO1. The van der Waals surface area contributed by atoms with E-state index < -0.39 is 0 Å². The Kier molecular flexibility index (Phi) is 6.18. The van der Waals surface area contributed by atoms with Crippen molar-refractivity contribution in [2.45, 2.75) is 30.4 Å². The Morgan fingerprint density at radius 3 is 2.79 bits per heavy atom. The van der Waals surface area contributed by atoms with Crippen LogP contribution in [-0.4, -0.2) is 24.4 Å². The van der Waals surface area contributed by atoms with Crippen molar-refractivity contribution in [3.8, 4) is 0 Å². The van der Waals surface area contributed by atoms with Gasteiger partial charge in [-0.05, 0) is 36.6 Å². The van der Waals surface area contributed by atoms with Gasteiger partial charge in [0, 0.05) is 28.8 Å². The maximum Gasteiger partial charge on any atom is 0.252 e. The standard InChI is InChI=1S/C19H20ClNO2S/c20-17-9-3-1-6-14(17)12-21-19(22)16-8-2-4-10-18(16)24-13-15-7-5-11-23-15/h1-4,6,8-10,15H,5,7,11-13H2,(H,21,22)/t15-/m0/s1. The largest absolute Gasteiger partial charge is 0.377 e. The molecule has 0 unspecified atom stereocenters. The van der Waals surface area contributed by atoms with Crippen LogP contribution in [0.5, 0.6) is 0 Å². The van der Waals surface area contributed by atoms with E-state index in [1.807, 2.05) is 48.5 Å². The number of carbonyl (C=O) groups is 1. The summed E-state index contributed by atoms with van der Waals surface area (Å²) in [5, 5.41) is 3.62. The van der Waals surface area contributed by atoms with E-state index in [-0.39, 0.29) is 5.91 Å². The molecule has 5 heteroatoms. The number of thioether (sulfide) groups is 1. The molecule has 1 fully saturated rings. The Morgan fingerprint density at radius 1 is 1.21 bits per heavy atom. The van der Waals surface area contributed by atoms with E-state index >= 15 is 0 Å². The van der Waals surface area contributed by atoms with Gasteiger partial charge in [0.25, 0.3) is 5.91 Å². The summed E-state index contributed by atoms with van der Waals surface area (Å²) in [6, 6.07) is 15.2. The van der Waals surface area contributed by atoms with E-state index in [0.29, 0.717) is 23.2 Å². The fourth-order valence-corrected chi connectivity index (χ4v) is 3.97. The Hall–Kier alpha value is -1.49. The lowest BCUT2D eigenvalue weighted by Crippen LogP contribution is -2.23. The van der Waals surface area contributed by atoms with Gasteiger partial charge < -0.3 is 10.1 Å². The molecule has 2 aromatic rings. The monoisotopic (exact) mass is 361 g/mol. The molecule has 3 rings (SSSR count). The molecule has 24 heavy (non-hydrogen) atoms. The molecule has 0 aliphatic carbocycles. The van der Waals surface area contributed by atoms with Gasteiger partial charge in [-0.3, -0.25) is 4.79 Å². The quantitative estimate of drug-likeness (QED) is 0.767. The molecule has 1 amide bonds. The van der Waals surface area contributed by atoms with Gasteiger partial charge >= 0.3 is 0 Å². The van der Waals surface area contributed by atoms with E-state index in [4.69, 9.17) is 16.3 Å². The number of carbonyl (C=O) groups excluding carboxylic acids is 1. The number of ether oxygens (including phenoxy) is 1. The summed E-state index contributed by atoms with van der Waals surface area (Å²) in [5.74, 6) is 0.805. The highest BCUT2D eigenvalue weighted by Gasteiger charge is 2.18. The minimum absolute atomic E-state index is 0.0784. The minimum atomic E-state index is -0.0784. The van der Waals surface area contributed by atoms with Crippen molar-refractivity contribution in [3.63, 3.8) is 0 Å². The summed E-state index contributed by atoms with van der Waals surface area (Å²) < 4.78 is 5.66. The summed E-state index contributed by atoms with van der Waals surface area (Å²) in [6.07, 6.45) is 2.54. The normalized spacial score (nSPS) is 17.0. The van der Waals surface area contributed by atoms with Crippen molar-refractivity contribution in [2.75, 3.05) is 12.4 Å². The van der Waals surface area contributed by atoms with Crippen molar-refractivity contribution in [3.05, 3.63) is 64.7 Å². The van der Waals surface area contributed by atoms with E-state index in [2.05, 4.69) is 5.32 Å². The Balaban J connectivity index is 1.62. The number of rotatable bonds is 6. The van der Waals surface area contributed by atoms with E-state index in [1.165, 1.54) is 0 Å². The number of benzene rings is 2. The van der Waals surface area contributed by atoms with Crippen LogP contribution in [0.3, 0.4) is 0 Å². The first-order valence-corrected chi connectivity index (χ1v) is 9.45. The van der Waals surface area contributed by atoms with Crippen LogP contribution >= 0.6 is 23.4 Å². The molecular formula is C19H20ClNO2S. The fraction of sp³-hybridized carbons (Fsp3) is 0.316. The first kappa shape index (κ1) is 17.3. The van der Waals surface area contributed by atoms with Gasteiger partial charge in [0.2, 0.25) is 0 Å². The fourth-order valence-electron chi connectivity index (χ4n) is 2.65. The zero-order valence-electron chi connectivity index (χ0n) is 13.3. The molecule has 1 aliphatic rings. The van der Waals surface area contributed by atoms with Crippen LogP contribution in [0.1, 0.15) is 28.8 Å². The summed E-state index contributed by atoms with van der Waals surface area (Å²) in [5.41, 5.74) is 1.62. The molecule has 1 saturated heterocycles. The number of hydrogen-bond donors (Lipinski definition) is 1. The topological polar surface area (TPSA) is 38.3 Å². The zero-order valence-corrected chi connectivity index (χ0v) is 14.9. The average Bonchev–Trinajstić information content (AvgIpc) is 3.13. The highest BCUT2D eigenvalue weighted by atomic mass is 35.5. The van der Waals surface area contributed by atoms with E-state index in [0.717, 1.165) is 35.7 Å². The molecular weight excluding hydrogens is 342 g/mol. The van der Waals surface area contributed by atoms with Crippen molar-refractivity contribution in [1.29, 1.82) is 0 Å². The van der Waals surface area contributed by atoms with Crippen LogP contribution in [0, 0.1) is 0 Å². The first-order chi connectivity index (χ1) is 11.7. The lowest BCUT2D eigenvalue weighted by atomic mass is 10.2. The maximum atomic E-state index is 12.5. The van der Waals surface area contributed by atoms with Crippen LogP contribution < -0.4 is 5.32 Å². The van der Waals surface area contributed by atoms with Crippen LogP contribution in [0.15, 0.2) is 53.4 Å². The second-order valence-corrected chi connectivity index (χ2v) is 7.19. The molecule has 0 saturated carbocycles. The third-order valence-corrected chi connectivity index (χ3v) is 5.55. The van der Waals surface area contributed by atoms with Gasteiger partial charge in [-0.1, -0.05) is 41.9 Å². The van der Waals surface area contributed by atoms with Gasteiger partial charge in [-0.15, -0.1) is 11.8 Å². The third kappa shape index (κ3) is 4.53. The Morgan fingerprint density at radius 2 is 2.00 bits per heavy atom. The molecule has 0 bridgehead atoms. The summed E-state index contributed by atoms with van der Waals surface area (Å²) >= 11 is 7.82. The van der Waals surface area contributed by atoms with Crippen LogP contribution in [0.4, 0.5) is 0 Å². The molecule has 3 nitrogen and oxygen atoms in total. The van der Waals surface area contributed by atoms with Gasteiger partial charge in [0.15, 0.2) is 0 Å². The minimum Gasteiger partial charge on any atom is -0.377 e. The Bertz CT molecular complexity index is 701. The first-order valence-electron chi connectivity index (χ1n) is 8.09. The maximum absolute atomic E-state index is 12.5. The molecule has 1 N–H and O–H groups in total. The highest BCUT2D eigenvalue weighted by molar-refractivity contribution is 7.99. The molecule has 0 spiro atoms. The Labute approximate surface area is 151 Å². The van der Waals surface area contributed by atoms with E-state index in [9.17, 15) is 4.79 Å². The summed E-state index contributed by atoms with van der Waals surface area (Å²) in [7, 11) is 0. The lowest BCUT2D eigenvalue weighted by molar-refractivity contribution is 0.0948. The van der Waals surface area contributed by atoms with Crippen molar-refractivity contribution in [1.82, 2.24) is 5.32 Å². The molecule has 1 heterocycles. The number of nitrogens with one attached hydrogen (secondary N) is 1. The molecule has 0 aromatic heterocycles. The predicted molar refractivity (Wildman–Crippen MR) is 98.8 cm³/mol. The number of hydrogen-bond acceptors (Lipinski definition) is 3. The third-order valence-electron chi connectivity index (χ3n) is 3.98. The van der Waals surface area contributed by atoms with Gasteiger partial charge in [-0.25, -0.2) is 0 Å².